The number of fused-ring (bicyclic) bond motifs is 1. The Bertz CT molecular complexity index is 1040. The fourth-order valence-electron chi connectivity index (χ4n) is 3.33. The SMILES string of the molecule is Cc1cc(CN[SH](=O)=O)cc2c1C(c1ccc(F)cc1)=C(C#N)C(C)(C)O2. The van der Waals surface area contributed by atoms with Crippen molar-refractivity contribution in [3.05, 3.63) is 70.0 Å². The molecule has 0 aromatic heterocycles. The second-order valence-electron chi connectivity index (χ2n) is 6.86. The van der Waals surface area contributed by atoms with Crippen LogP contribution in [0.2, 0.25) is 0 Å². The van der Waals surface area contributed by atoms with E-state index in [9.17, 15) is 18.1 Å². The van der Waals surface area contributed by atoms with Crippen LogP contribution in [0.3, 0.4) is 0 Å². The summed E-state index contributed by atoms with van der Waals surface area (Å²) in [4.78, 5) is 0. The van der Waals surface area contributed by atoms with Crippen LogP contribution in [0.25, 0.3) is 5.57 Å². The van der Waals surface area contributed by atoms with E-state index in [-0.39, 0.29) is 12.4 Å². The minimum Gasteiger partial charge on any atom is -0.482 e. The van der Waals surface area contributed by atoms with Crippen LogP contribution in [-0.4, -0.2) is 14.0 Å². The summed E-state index contributed by atoms with van der Waals surface area (Å²) < 4.78 is 43.5. The molecule has 0 saturated carbocycles. The second kappa shape index (κ2) is 7.14. The highest BCUT2D eigenvalue weighted by Gasteiger charge is 2.36. The molecule has 3 rings (SSSR count). The maximum Gasteiger partial charge on any atom is 0.201 e. The van der Waals surface area contributed by atoms with E-state index in [1.165, 1.54) is 12.1 Å². The van der Waals surface area contributed by atoms with Crippen molar-refractivity contribution >= 4 is 16.5 Å². The first-order valence-electron chi connectivity index (χ1n) is 8.34. The maximum absolute atomic E-state index is 13.4. The predicted molar refractivity (Wildman–Crippen MR) is 101 cm³/mol. The van der Waals surface area contributed by atoms with Crippen molar-refractivity contribution in [3.63, 3.8) is 0 Å². The molecule has 7 heteroatoms. The van der Waals surface area contributed by atoms with Crippen molar-refractivity contribution in [2.45, 2.75) is 32.9 Å². The summed E-state index contributed by atoms with van der Waals surface area (Å²) in [5, 5.41) is 9.79. The minimum atomic E-state index is -2.70. The number of ether oxygens (including phenoxy) is 1. The monoisotopic (exact) mass is 386 g/mol. The zero-order valence-corrected chi connectivity index (χ0v) is 16.1. The highest BCUT2D eigenvalue weighted by molar-refractivity contribution is 7.70. The molecule has 1 heterocycles. The van der Waals surface area contributed by atoms with Crippen LogP contribution in [0.5, 0.6) is 5.75 Å². The van der Waals surface area contributed by atoms with Crippen molar-refractivity contribution in [3.8, 4) is 11.8 Å². The van der Waals surface area contributed by atoms with Gasteiger partial charge in [0.05, 0.1) is 11.6 Å². The first-order valence-corrected chi connectivity index (χ1v) is 9.52. The van der Waals surface area contributed by atoms with Crippen LogP contribution in [0.4, 0.5) is 4.39 Å². The van der Waals surface area contributed by atoms with Crippen LogP contribution in [0.1, 0.15) is 36.1 Å². The molecule has 0 unspecified atom stereocenters. The van der Waals surface area contributed by atoms with Crippen LogP contribution in [0.15, 0.2) is 42.0 Å². The number of nitrogens with one attached hydrogen (secondary N) is 1. The fraction of sp³-hybridized carbons (Fsp3) is 0.250. The summed E-state index contributed by atoms with van der Waals surface area (Å²) in [7, 11) is -2.70. The molecule has 2 aromatic carbocycles. The van der Waals surface area contributed by atoms with E-state index in [4.69, 9.17) is 4.74 Å². The van der Waals surface area contributed by atoms with Gasteiger partial charge in [0, 0.05) is 17.7 Å². The van der Waals surface area contributed by atoms with E-state index in [1.807, 2.05) is 13.0 Å². The summed E-state index contributed by atoms with van der Waals surface area (Å²) in [5.41, 5.74) is 3.35. The summed E-state index contributed by atoms with van der Waals surface area (Å²) >= 11 is 0. The number of benzene rings is 2. The van der Waals surface area contributed by atoms with Gasteiger partial charge in [0.15, 0.2) is 0 Å². The zero-order valence-electron chi connectivity index (χ0n) is 15.2. The largest absolute Gasteiger partial charge is 0.482 e. The Kier molecular flexibility index (Phi) is 5.05. The lowest BCUT2D eigenvalue weighted by Gasteiger charge is -2.35. The highest BCUT2D eigenvalue weighted by atomic mass is 32.2. The molecule has 0 saturated heterocycles. The van der Waals surface area contributed by atoms with Gasteiger partial charge < -0.3 is 4.74 Å². The standard InChI is InChI=1S/C20H19FN2O3S/c1-12-8-13(11-23-27(24)25)9-17-18(12)19(14-4-6-15(21)7-5-14)16(10-22)20(2,3)26-17/h4-9,27H,11H2,1-3H3,(H,23,24,25). The fourth-order valence-corrected chi connectivity index (χ4v) is 3.64. The first kappa shape index (κ1) is 19.1. The topological polar surface area (TPSA) is 79.2 Å². The second-order valence-corrected chi connectivity index (χ2v) is 7.69. The average molecular weight is 386 g/mol. The molecular formula is C20H19FN2O3S. The number of hydrogen-bond donors (Lipinski definition) is 2. The molecule has 0 amide bonds. The molecule has 1 N–H and O–H groups in total. The molecule has 27 heavy (non-hydrogen) atoms. The molecule has 1 aliphatic rings. The molecule has 5 nitrogen and oxygen atoms in total. The lowest BCUT2D eigenvalue weighted by atomic mass is 9.81. The van der Waals surface area contributed by atoms with Crippen molar-refractivity contribution in [1.29, 1.82) is 5.26 Å². The van der Waals surface area contributed by atoms with Gasteiger partial charge in [-0.2, -0.15) is 5.26 Å². The molecule has 0 atom stereocenters. The highest BCUT2D eigenvalue weighted by Crippen LogP contribution is 2.45. The summed E-state index contributed by atoms with van der Waals surface area (Å²) in [6, 6.07) is 11.9. The molecule has 0 bridgehead atoms. The van der Waals surface area contributed by atoms with Crippen LogP contribution in [-0.2, 0) is 17.4 Å². The predicted octanol–water partition coefficient (Wildman–Crippen LogP) is 3.25. The number of thiol groups is 1. The van der Waals surface area contributed by atoms with Gasteiger partial charge >= 0.3 is 0 Å². The Morgan fingerprint density at radius 1 is 1.22 bits per heavy atom. The van der Waals surface area contributed by atoms with Gasteiger partial charge in [0.1, 0.15) is 17.2 Å². The van der Waals surface area contributed by atoms with Gasteiger partial charge in [-0.15, -0.1) is 0 Å². The smallest absolute Gasteiger partial charge is 0.201 e. The van der Waals surface area contributed by atoms with E-state index < -0.39 is 16.5 Å². The third-order valence-electron chi connectivity index (χ3n) is 4.48. The van der Waals surface area contributed by atoms with E-state index in [2.05, 4.69) is 10.8 Å². The number of rotatable bonds is 4. The summed E-state index contributed by atoms with van der Waals surface area (Å²) in [6.45, 7) is 5.62. The van der Waals surface area contributed by atoms with Crippen molar-refractivity contribution in [2.75, 3.05) is 0 Å². The number of nitriles is 1. The Labute approximate surface area is 159 Å². The molecule has 0 aliphatic carbocycles. The maximum atomic E-state index is 13.4. The average Bonchev–Trinajstić information content (AvgIpc) is 2.58. The van der Waals surface area contributed by atoms with Crippen LogP contribution in [0, 0.1) is 24.1 Å². The normalized spacial score (nSPS) is 15.3. The molecule has 140 valence electrons. The van der Waals surface area contributed by atoms with Crippen LogP contribution < -0.4 is 9.46 Å². The van der Waals surface area contributed by atoms with E-state index >= 15 is 0 Å². The number of hydrogen-bond acceptors (Lipinski definition) is 4. The summed E-state index contributed by atoms with van der Waals surface area (Å²) in [5.74, 6) is 0.213. The van der Waals surface area contributed by atoms with Crippen molar-refractivity contribution < 1.29 is 17.5 Å². The van der Waals surface area contributed by atoms with Gasteiger partial charge in [-0.05, 0) is 55.7 Å². The number of aryl methyl sites for hydroxylation is 1. The number of nitrogens with zero attached hydrogens (tertiary/aromatic N) is 1. The van der Waals surface area contributed by atoms with Gasteiger partial charge in [-0.1, -0.05) is 18.2 Å². The molecule has 0 radical (unpaired) electrons. The van der Waals surface area contributed by atoms with E-state index in [0.717, 1.165) is 22.3 Å². The van der Waals surface area contributed by atoms with E-state index in [1.54, 1.807) is 32.0 Å². The Balaban J connectivity index is 2.24. The molecule has 2 aromatic rings. The molecule has 0 spiro atoms. The van der Waals surface area contributed by atoms with Gasteiger partial charge in [-0.3, -0.25) is 0 Å². The van der Waals surface area contributed by atoms with Gasteiger partial charge in [0.25, 0.3) is 0 Å². The molecule has 0 fully saturated rings. The molecular weight excluding hydrogens is 367 g/mol. The zero-order chi connectivity index (χ0) is 19.8. The number of halogens is 1. The quantitative estimate of drug-likeness (QED) is 0.791. The van der Waals surface area contributed by atoms with Crippen molar-refractivity contribution in [1.82, 2.24) is 4.72 Å². The lowest BCUT2D eigenvalue weighted by molar-refractivity contribution is 0.149. The Morgan fingerprint density at radius 3 is 2.48 bits per heavy atom. The third-order valence-corrected chi connectivity index (χ3v) is 4.90. The van der Waals surface area contributed by atoms with Crippen LogP contribution >= 0.6 is 0 Å². The first-order chi connectivity index (χ1) is 12.7. The van der Waals surface area contributed by atoms with Gasteiger partial charge in [-0.25, -0.2) is 17.5 Å². The summed E-state index contributed by atoms with van der Waals surface area (Å²) in [6.07, 6.45) is 0. The third kappa shape index (κ3) is 3.72. The lowest BCUT2D eigenvalue weighted by Crippen LogP contribution is -2.34. The minimum absolute atomic E-state index is 0.150. The Hall–Kier alpha value is -2.69. The Morgan fingerprint density at radius 2 is 1.89 bits per heavy atom. The van der Waals surface area contributed by atoms with Gasteiger partial charge in [0.2, 0.25) is 10.9 Å². The van der Waals surface area contributed by atoms with E-state index in [0.29, 0.717) is 16.9 Å². The van der Waals surface area contributed by atoms with Crippen molar-refractivity contribution in [2.24, 2.45) is 0 Å². The molecule has 1 aliphatic heterocycles.